The van der Waals surface area contributed by atoms with Gasteiger partial charge in [0.2, 0.25) is 5.88 Å². The predicted molar refractivity (Wildman–Crippen MR) is 95.9 cm³/mol. The summed E-state index contributed by atoms with van der Waals surface area (Å²) >= 11 is 0. The zero-order valence-corrected chi connectivity index (χ0v) is 14.2. The van der Waals surface area contributed by atoms with Crippen molar-refractivity contribution in [3.05, 3.63) is 47.7 Å². The lowest BCUT2D eigenvalue weighted by Crippen LogP contribution is -2.19. The molecule has 0 aliphatic heterocycles. The molecule has 0 aliphatic rings. The number of aromatic nitrogens is 2. The highest BCUT2D eigenvalue weighted by molar-refractivity contribution is 5.88. The Labute approximate surface area is 145 Å². The summed E-state index contributed by atoms with van der Waals surface area (Å²) in [5.74, 6) is 0.440. The summed E-state index contributed by atoms with van der Waals surface area (Å²) in [6, 6.07) is 13.3. The number of pyridine rings is 2. The molecule has 0 amide bonds. The van der Waals surface area contributed by atoms with Crippen molar-refractivity contribution in [3.63, 3.8) is 0 Å². The van der Waals surface area contributed by atoms with Crippen LogP contribution >= 0.6 is 0 Å². The third-order valence-corrected chi connectivity index (χ3v) is 3.96. The number of nitriles is 1. The van der Waals surface area contributed by atoms with Crippen molar-refractivity contribution >= 4 is 16.7 Å². The van der Waals surface area contributed by atoms with Gasteiger partial charge in [-0.3, -0.25) is 0 Å². The molecule has 6 heteroatoms. The van der Waals surface area contributed by atoms with Gasteiger partial charge < -0.3 is 15.6 Å². The molecule has 3 N–H and O–H groups in total. The van der Waals surface area contributed by atoms with Crippen molar-refractivity contribution in [1.29, 1.82) is 5.26 Å². The van der Waals surface area contributed by atoms with Gasteiger partial charge in [0.25, 0.3) is 0 Å². The fourth-order valence-electron chi connectivity index (χ4n) is 2.65. The second-order valence-corrected chi connectivity index (χ2v) is 6.22. The molecule has 6 nitrogen and oxygen atoms in total. The highest BCUT2D eigenvalue weighted by Gasteiger charge is 2.24. The molecule has 1 aromatic carbocycles. The molecule has 0 spiro atoms. The summed E-state index contributed by atoms with van der Waals surface area (Å²) in [5.41, 5.74) is 7.30. The van der Waals surface area contributed by atoms with Crippen molar-refractivity contribution in [1.82, 2.24) is 9.97 Å². The number of methoxy groups -OCH3 is 1. The van der Waals surface area contributed by atoms with Crippen LogP contribution in [0.4, 0.5) is 5.82 Å². The average molecular weight is 334 g/mol. The van der Waals surface area contributed by atoms with Crippen LogP contribution in [0, 0.1) is 11.3 Å². The Balaban J connectivity index is 2.37. The van der Waals surface area contributed by atoms with Crippen LogP contribution in [0.5, 0.6) is 5.88 Å². The standard InChI is InChI=1S/C19H18N4O2/c1-19(2,24)16-9-12(14(10-20)17(21)23-16)13-8-11-6-4-5-7-15(11)22-18(13)25-3/h4-9,24H,1-3H3,(H2,21,23). The van der Waals surface area contributed by atoms with Crippen molar-refractivity contribution in [2.24, 2.45) is 0 Å². The lowest BCUT2D eigenvalue weighted by molar-refractivity contribution is 0.0740. The van der Waals surface area contributed by atoms with Gasteiger partial charge in [-0.05, 0) is 32.0 Å². The van der Waals surface area contributed by atoms with Crippen LogP contribution in [-0.2, 0) is 5.60 Å². The van der Waals surface area contributed by atoms with Crippen LogP contribution in [0.25, 0.3) is 22.0 Å². The van der Waals surface area contributed by atoms with Crippen LogP contribution in [0.1, 0.15) is 25.1 Å². The van der Waals surface area contributed by atoms with Gasteiger partial charge >= 0.3 is 0 Å². The fourth-order valence-corrected chi connectivity index (χ4v) is 2.65. The first-order valence-electron chi connectivity index (χ1n) is 7.72. The summed E-state index contributed by atoms with van der Waals surface area (Å²) in [4.78, 5) is 8.67. The number of nitrogen functional groups attached to an aromatic ring is 1. The minimum Gasteiger partial charge on any atom is -0.481 e. The van der Waals surface area contributed by atoms with Crippen molar-refractivity contribution < 1.29 is 9.84 Å². The predicted octanol–water partition coefficient (Wildman–Crippen LogP) is 2.99. The number of benzene rings is 1. The van der Waals surface area contributed by atoms with Crippen LogP contribution in [0.15, 0.2) is 36.4 Å². The summed E-state index contributed by atoms with van der Waals surface area (Å²) in [6.45, 7) is 3.22. The van der Waals surface area contributed by atoms with Crippen molar-refractivity contribution in [2.75, 3.05) is 12.8 Å². The van der Waals surface area contributed by atoms with Gasteiger partial charge in [0.05, 0.1) is 18.3 Å². The first-order valence-corrected chi connectivity index (χ1v) is 7.72. The Bertz CT molecular complexity index is 1000. The molecule has 0 fully saturated rings. The monoisotopic (exact) mass is 334 g/mol. The molecule has 0 aliphatic carbocycles. The Hall–Kier alpha value is -3.17. The molecule has 2 heterocycles. The Morgan fingerprint density at radius 2 is 1.88 bits per heavy atom. The average Bonchev–Trinajstić information content (AvgIpc) is 2.59. The molecular formula is C19H18N4O2. The van der Waals surface area contributed by atoms with Crippen LogP contribution in [0.3, 0.4) is 0 Å². The van der Waals surface area contributed by atoms with E-state index in [0.717, 1.165) is 10.9 Å². The van der Waals surface area contributed by atoms with Crippen molar-refractivity contribution in [3.8, 4) is 23.1 Å². The smallest absolute Gasteiger partial charge is 0.221 e. The molecule has 2 aromatic heterocycles. The summed E-state index contributed by atoms with van der Waals surface area (Å²) in [7, 11) is 1.52. The molecule has 25 heavy (non-hydrogen) atoms. The maximum atomic E-state index is 10.3. The van der Waals surface area contributed by atoms with E-state index in [0.29, 0.717) is 22.7 Å². The number of hydrogen-bond donors (Lipinski definition) is 2. The number of fused-ring (bicyclic) bond motifs is 1. The van der Waals surface area contributed by atoms with E-state index < -0.39 is 5.60 Å². The summed E-state index contributed by atoms with van der Waals surface area (Å²) in [6.07, 6.45) is 0. The number of anilines is 1. The molecule has 0 unspecified atom stereocenters. The summed E-state index contributed by atoms with van der Waals surface area (Å²) < 4.78 is 5.43. The SMILES string of the molecule is COc1nc2ccccc2cc1-c1cc(C(C)(C)O)nc(N)c1C#N. The van der Waals surface area contributed by atoms with Gasteiger partial charge in [0, 0.05) is 16.5 Å². The van der Waals surface area contributed by atoms with E-state index in [1.54, 1.807) is 19.9 Å². The van der Waals surface area contributed by atoms with E-state index in [-0.39, 0.29) is 11.4 Å². The van der Waals surface area contributed by atoms with E-state index in [1.165, 1.54) is 7.11 Å². The first-order chi connectivity index (χ1) is 11.8. The molecule has 0 saturated carbocycles. The molecule has 0 saturated heterocycles. The zero-order valence-electron chi connectivity index (χ0n) is 14.2. The van der Waals surface area contributed by atoms with Crippen LogP contribution in [-0.4, -0.2) is 22.2 Å². The number of aliphatic hydroxyl groups is 1. The van der Waals surface area contributed by atoms with E-state index in [1.807, 2.05) is 30.3 Å². The molecule has 3 aromatic rings. The highest BCUT2D eigenvalue weighted by atomic mass is 16.5. The molecule has 126 valence electrons. The highest BCUT2D eigenvalue weighted by Crippen LogP contribution is 2.37. The number of nitrogens with two attached hydrogens (primary N) is 1. The Kier molecular flexibility index (Phi) is 4.03. The van der Waals surface area contributed by atoms with Gasteiger partial charge in [-0.1, -0.05) is 18.2 Å². The lowest BCUT2D eigenvalue weighted by atomic mass is 9.95. The number of para-hydroxylation sites is 1. The molecule has 0 radical (unpaired) electrons. The zero-order chi connectivity index (χ0) is 18.2. The minimum absolute atomic E-state index is 0.0623. The van der Waals surface area contributed by atoms with Crippen LogP contribution in [0.2, 0.25) is 0 Å². The Morgan fingerprint density at radius 1 is 1.16 bits per heavy atom. The third kappa shape index (κ3) is 2.97. The lowest BCUT2D eigenvalue weighted by Gasteiger charge is -2.20. The normalized spacial score (nSPS) is 11.3. The number of hydrogen-bond acceptors (Lipinski definition) is 6. The summed E-state index contributed by atoms with van der Waals surface area (Å²) in [5, 5.41) is 20.7. The molecule has 0 bridgehead atoms. The van der Waals surface area contributed by atoms with E-state index in [2.05, 4.69) is 16.0 Å². The molecular weight excluding hydrogens is 316 g/mol. The van der Waals surface area contributed by atoms with E-state index >= 15 is 0 Å². The largest absolute Gasteiger partial charge is 0.481 e. The van der Waals surface area contributed by atoms with Gasteiger partial charge in [-0.2, -0.15) is 5.26 Å². The topological polar surface area (TPSA) is 105 Å². The third-order valence-electron chi connectivity index (χ3n) is 3.96. The quantitative estimate of drug-likeness (QED) is 0.763. The number of rotatable bonds is 3. The minimum atomic E-state index is -1.20. The van der Waals surface area contributed by atoms with Gasteiger partial charge in [0.1, 0.15) is 23.1 Å². The number of ether oxygens (including phenoxy) is 1. The van der Waals surface area contributed by atoms with Crippen LogP contribution < -0.4 is 10.5 Å². The maximum Gasteiger partial charge on any atom is 0.221 e. The fraction of sp³-hybridized carbons (Fsp3) is 0.211. The van der Waals surface area contributed by atoms with Gasteiger partial charge in [-0.15, -0.1) is 0 Å². The van der Waals surface area contributed by atoms with Gasteiger partial charge in [-0.25, -0.2) is 9.97 Å². The Morgan fingerprint density at radius 3 is 2.52 bits per heavy atom. The molecule has 3 rings (SSSR count). The molecule has 0 atom stereocenters. The van der Waals surface area contributed by atoms with Gasteiger partial charge in [0.15, 0.2) is 0 Å². The second kappa shape index (κ2) is 6.04. The maximum absolute atomic E-state index is 10.3. The van der Waals surface area contributed by atoms with E-state index in [9.17, 15) is 10.4 Å². The second-order valence-electron chi connectivity index (χ2n) is 6.22. The number of nitrogens with zero attached hydrogens (tertiary/aromatic N) is 3. The van der Waals surface area contributed by atoms with Crippen molar-refractivity contribution in [2.45, 2.75) is 19.4 Å². The first kappa shape index (κ1) is 16.7. The van der Waals surface area contributed by atoms with E-state index in [4.69, 9.17) is 10.5 Å².